The second-order valence-corrected chi connectivity index (χ2v) is 2.93. The van der Waals surface area contributed by atoms with Gasteiger partial charge >= 0.3 is 0 Å². The molecule has 12 heavy (non-hydrogen) atoms. The molecule has 0 radical (unpaired) electrons. The quantitative estimate of drug-likeness (QED) is 0.609. The van der Waals surface area contributed by atoms with E-state index in [1.54, 1.807) is 0 Å². The number of rotatable bonds is 2. The highest BCUT2D eigenvalue weighted by Gasteiger charge is 2.17. The number of ether oxygens (including phenoxy) is 1. The summed E-state index contributed by atoms with van der Waals surface area (Å²) in [5.74, 6) is 0. The lowest BCUT2D eigenvalue weighted by Crippen LogP contribution is -2.01. The van der Waals surface area contributed by atoms with Crippen LogP contribution in [0.5, 0.6) is 0 Å². The molecule has 0 aromatic rings. The van der Waals surface area contributed by atoms with Gasteiger partial charge in [0.15, 0.2) is 0 Å². The first kappa shape index (κ1) is 9.27. The zero-order valence-corrected chi connectivity index (χ0v) is 8.00. The second kappa shape index (κ2) is 4.27. The Morgan fingerprint density at radius 1 is 1.25 bits per heavy atom. The molecule has 1 heterocycles. The molecule has 0 bridgehead atoms. The molecule has 0 saturated carbocycles. The summed E-state index contributed by atoms with van der Waals surface area (Å²) in [6, 6.07) is 0. The van der Waals surface area contributed by atoms with E-state index in [0.29, 0.717) is 0 Å². The van der Waals surface area contributed by atoms with Gasteiger partial charge in [0.05, 0.1) is 12.7 Å². The Labute approximate surface area is 74.4 Å². The van der Waals surface area contributed by atoms with E-state index in [9.17, 15) is 0 Å². The van der Waals surface area contributed by atoms with Crippen molar-refractivity contribution in [3.05, 3.63) is 35.5 Å². The highest BCUT2D eigenvalue weighted by Crippen LogP contribution is 2.22. The number of hydrogen-bond acceptors (Lipinski definition) is 1. The van der Waals surface area contributed by atoms with Gasteiger partial charge in [-0.2, -0.15) is 0 Å². The third-order valence-corrected chi connectivity index (χ3v) is 2.01. The van der Waals surface area contributed by atoms with Gasteiger partial charge in [-0.1, -0.05) is 24.3 Å². The molecule has 0 aromatic heterocycles. The molecule has 1 aliphatic heterocycles. The summed E-state index contributed by atoms with van der Waals surface area (Å²) in [4.78, 5) is 0. The molecule has 0 fully saturated rings. The highest BCUT2D eigenvalue weighted by atomic mass is 16.5. The van der Waals surface area contributed by atoms with Crippen LogP contribution in [0, 0.1) is 0 Å². The first-order chi connectivity index (χ1) is 5.79. The maximum atomic E-state index is 5.51. The fourth-order valence-electron chi connectivity index (χ4n) is 1.42. The van der Waals surface area contributed by atoms with Gasteiger partial charge in [0, 0.05) is 0 Å². The second-order valence-electron chi connectivity index (χ2n) is 2.93. The van der Waals surface area contributed by atoms with Crippen molar-refractivity contribution in [2.45, 2.75) is 26.9 Å². The van der Waals surface area contributed by atoms with Gasteiger partial charge in [0.2, 0.25) is 0 Å². The first-order valence-corrected chi connectivity index (χ1v) is 4.39. The van der Waals surface area contributed by atoms with Crippen molar-refractivity contribution in [2.75, 3.05) is 6.61 Å². The maximum Gasteiger partial charge on any atom is 0.0804 e. The largest absolute Gasteiger partial charge is 0.369 e. The van der Waals surface area contributed by atoms with E-state index < -0.39 is 0 Å². The van der Waals surface area contributed by atoms with Gasteiger partial charge in [-0.3, -0.25) is 0 Å². The first-order valence-electron chi connectivity index (χ1n) is 4.39. The normalized spacial score (nSPS) is 25.1. The zero-order valence-electron chi connectivity index (χ0n) is 8.00. The average Bonchev–Trinajstić information content (AvgIpc) is 2.37. The summed E-state index contributed by atoms with van der Waals surface area (Å²) in [6.45, 7) is 6.91. The van der Waals surface area contributed by atoms with Crippen molar-refractivity contribution in [3.63, 3.8) is 0 Å². The minimum Gasteiger partial charge on any atom is -0.369 e. The third-order valence-electron chi connectivity index (χ3n) is 2.01. The summed E-state index contributed by atoms with van der Waals surface area (Å²) in [5.41, 5.74) is 2.62. The van der Waals surface area contributed by atoms with Crippen LogP contribution in [-0.2, 0) is 4.74 Å². The van der Waals surface area contributed by atoms with Crippen LogP contribution < -0.4 is 0 Å². The maximum absolute atomic E-state index is 5.51. The molecule has 0 saturated heterocycles. The van der Waals surface area contributed by atoms with Crippen molar-refractivity contribution < 1.29 is 4.74 Å². The van der Waals surface area contributed by atoms with Crippen LogP contribution >= 0.6 is 0 Å². The lowest BCUT2D eigenvalue weighted by atomic mass is 10.1. The minimum atomic E-state index is 0.257. The van der Waals surface area contributed by atoms with Crippen LogP contribution in [0.25, 0.3) is 0 Å². The summed E-state index contributed by atoms with van der Waals surface area (Å²) < 4.78 is 5.51. The molecule has 1 heteroatoms. The fraction of sp³-hybridized carbons (Fsp3) is 0.455. The molecule has 1 unspecified atom stereocenters. The molecule has 0 amide bonds. The summed E-state index contributed by atoms with van der Waals surface area (Å²) >= 11 is 0. The van der Waals surface area contributed by atoms with Crippen LogP contribution in [0.2, 0.25) is 0 Å². The molecule has 0 N–H and O–H groups in total. The van der Waals surface area contributed by atoms with E-state index in [0.717, 1.165) is 6.61 Å². The SMILES string of the molecule is C/C=C\C1=C(/C=C\C)C(C)OC1. The standard InChI is InChI=1S/C11H16O/c1-4-6-10-8-12-9(3)11(10)7-5-2/h4-7,9H,8H2,1-3H3/b6-4-,7-5-. The van der Waals surface area contributed by atoms with Gasteiger partial charge in [-0.15, -0.1) is 0 Å². The van der Waals surface area contributed by atoms with E-state index in [-0.39, 0.29) is 6.10 Å². The molecule has 0 aliphatic carbocycles. The van der Waals surface area contributed by atoms with Crippen LogP contribution in [0.3, 0.4) is 0 Å². The van der Waals surface area contributed by atoms with E-state index in [4.69, 9.17) is 4.74 Å². The zero-order chi connectivity index (χ0) is 8.97. The van der Waals surface area contributed by atoms with Crippen LogP contribution in [0.15, 0.2) is 35.5 Å². The van der Waals surface area contributed by atoms with Gasteiger partial charge < -0.3 is 4.74 Å². The van der Waals surface area contributed by atoms with E-state index in [1.165, 1.54) is 11.1 Å². The fourth-order valence-corrected chi connectivity index (χ4v) is 1.42. The van der Waals surface area contributed by atoms with Crippen molar-refractivity contribution in [2.24, 2.45) is 0 Å². The van der Waals surface area contributed by atoms with Gasteiger partial charge in [0.1, 0.15) is 0 Å². The highest BCUT2D eigenvalue weighted by molar-refractivity contribution is 5.38. The minimum absolute atomic E-state index is 0.257. The molecule has 1 rings (SSSR count). The Kier molecular flexibility index (Phi) is 3.30. The van der Waals surface area contributed by atoms with E-state index >= 15 is 0 Å². The Bertz CT molecular complexity index is 233. The Morgan fingerprint density at radius 2 is 1.92 bits per heavy atom. The molecule has 0 aromatic carbocycles. The molecular weight excluding hydrogens is 148 g/mol. The Hall–Kier alpha value is -0.820. The lowest BCUT2D eigenvalue weighted by molar-refractivity contribution is 0.136. The van der Waals surface area contributed by atoms with E-state index in [2.05, 4.69) is 31.2 Å². The summed E-state index contributed by atoms with van der Waals surface area (Å²) in [6.07, 6.45) is 8.63. The van der Waals surface area contributed by atoms with Crippen molar-refractivity contribution in [1.82, 2.24) is 0 Å². The molecule has 1 aliphatic rings. The van der Waals surface area contributed by atoms with Crippen LogP contribution in [0.4, 0.5) is 0 Å². The molecule has 0 spiro atoms. The predicted molar refractivity (Wildman–Crippen MR) is 52.1 cm³/mol. The van der Waals surface area contributed by atoms with Crippen molar-refractivity contribution in [3.8, 4) is 0 Å². The van der Waals surface area contributed by atoms with Crippen LogP contribution in [0.1, 0.15) is 20.8 Å². The monoisotopic (exact) mass is 164 g/mol. The van der Waals surface area contributed by atoms with Crippen molar-refractivity contribution >= 4 is 0 Å². The van der Waals surface area contributed by atoms with Crippen LogP contribution in [-0.4, -0.2) is 12.7 Å². The molecular formula is C11H16O. The Morgan fingerprint density at radius 3 is 2.50 bits per heavy atom. The van der Waals surface area contributed by atoms with Gasteiger partial charge in [-0.25, -0.2) is 0 Å². The topological polar surface area (TPSA) is 9.23 Å². The van der Waals surface area contributed by atoms with E-state index in [1.807, 2.05) is 13.8 Å². The van der Waals surface area contributed by atoms with Gasteiger partial charge in [0.25, 0.3) is 0 Å². The number of allylic oxidation sites excluding steroid dienone is 2. The molecule has 1 atom stereocenters. The van der Waals surface area contributed by atoms with Crippen molar-refractivity contribution in [1.29, 1.82) is 0 Å². The predicted octanol–water partition coefficient (Wildman–Crippen LogP) is 2.85. The van der Waals surface area contributed by atoms with Gasteiger partial charge in [-0.05, 0) is 31.9 Å². The summed E-state index contributed by atoms with van der Waals surface area (Å²) in [7, 11) is 0. The Balaban J connectivity index is 2.89. The number of hydrogen-bond donors (Lipinski definition) is 0. The molecule has 66 valence electrons. The lowest BCUT2D eigenvalue weighted by Gasteiger charge is -2.02. The molecule has 1 nitrogen and oxygen atoms in total. The summed E-state index contributed by atoms with van der Waals surface area (Å²) in [5, 5.41) is 0. The third kappa shape index (κ3) is 1.86. The average molecular weight is 164 g/mol. The smallest absolute Gasteiger partial charge is 0.0804 e.